The number of benzene rings is 1. The summed E-state index contributed by atoms with van der Waals surface area (Å²) in [6.07, 6.45) is 4.81. The summed E-state index contributed by atoms with van der Waals surface area (Å²) in [4.78, 5) is 7.13. The van der Waals surface area contributed by atoms with Gasteiger partial charge in [0, 0.05) is 23.7 Å². The fourth-order valence-corrected chi connectivity index (χ4v) is 2.71. The maximum absolute atomic E-state index is 3.58. The van der Waals surface area contributed by atoms with Crippen molar-refractivity contribution in [2.45, 2.75) is 32.6 Å². The number of rotatable bonds is 3. The molecular weight excluding hydrogens is 244 g/mol. The van der Waals surface area contributed by atoms with Crippen LogP contribution >= 0.6 is 0 Å². The Kier molecular flexibility index (Phi) is 4.07. The molecule has 3 rings (SSSR count). The molecule has 0 radical (unpaired) electrons. The number of fused-ring (bicyclic) bond motifs is 3. The van der Waals surface area contributed by atoms with Crippen LogP contribution in [0.2, 0.25) is 0 Å². The number of nitrogens with one attached hydrogen (secondary N) is 2. The Bertz CT molecular complexity index is 569. The lowest BCUT2D eigenvalue weighted by Gasteiger charge is -2.07. The lowest BCUT2D eigenvalue weighted by atomic mass is 9.99. The van der Waals surface area contributed by atoms with Crippen LogP contribution in [0.3, 0.4) is 0 Å². The number of para-hydroxylation sites is 1. The Morgan fingerprint density at radius 3 is 2.94 bits per heavy atom. The van der Waals surface area contributed by atoms with E-state index in [9.17, 15) is 0 Å². The van der Waals surface area contributed by atoms with E-state index in [0.717, 1.165) is 19.4 Å². The molecule has 18 heavy (non-hydrogen) atoms. The van der Waals surface area contributed by atoms with Gasteiger partial charge in [-0.3, -0.25) is 0 Å². The summed E-state index contributed by atoms with van der Waals surface area (Å²) in [7, 11) is 0. The molecule has 1 aromatic carbocycles. The minimum Gasteiger partial charge on any atom is -1.00 e. The summed E-state index contributed by atoms with van der Waals surface area (Å²) in [6, 6.07) is 8.63. The highest BCUT2D eigenvalue weighted by atomic mass is 35.5. The van der Waals surface area contributed by atoms with E-state index in [1.54, 1.807) is 0 Å². The average Bonchev–Trinajstić information content (AvgIpc) is 2.75. The van der Waals surface area contributed by atoms with Gasteiger partial charge in [0.05, 0.1) is 0 Å². The lowest BCUT2D eigenvalue weighted by Crippen LogP contribution is -3.00. The molecule has 2 nitrogen and oxygen atoms in total. The van der Waals surface area contributed by atoms with E-state index >= 15 is 0 Å². The molecule has 0 atom stereocenters. The molecule has 0 unspecified atom stereocenters. The Balaban J connectivity index is 0.00000120. The summed E-state index contributed by atoms with van der Waals surface area (Å²) in [6.45, 7) is 3.32. The van der Waals surface area contributed by atoms with Gasteiger partial charge in [0.2, 0.25) is 0 Å². The largest absolute Gasteiger partial charge is 1.00 e. The van der Waals surface area contributed by atoms with Crippen LogP contribution in [-0.2, 0) is 6.42 Å². The number of H-pyrrole nitrogens is 1. The van der Waals surface area contributed by atoms with Gasteiger partial charge < -0.3 is 17.4 Å². The SMILES string of the molecule is CCCCC1=[NH+]CCc2c1[nH]c1ccccc21.[Cl-]. The van der Waals surface area contributed by atoms with Crippen molar-refractivity contribution in [1.29, 1.82) is 0 Å². The van der Waals surface area contributed by atoms with E-state index in [-0.39, 0.29) is 12.4 Å². The van der Waals surface area contributed by atoms with Crippen LogP contribution in [0.1, 0.15) is 37.4 Å². The molecule has 1 aliphatic heterocycles. The van der Waals surface area contributed by atoms with E-state index in [2.05, 4.69) is 41.2 Å². The zero-order valence-corrected chi connectivity index (χ0v) is 11.5. The number of aromatic nitrogens is 1. The molecule has 1 aliphatic rings. The first kappa shape index (κ1) is 13.2. The van der Waals surface area contributed by atoms with Crippen molar-refractivity contribution in [3.63, 3.8) is 0 Å². The summed E-state index contributed by atoms with van der Waals surface area (Å²) in [5.74, 6) is 0. The zero-order chi connectivity index (χ0) is 11.7. The molecule has 0 saturated heterocycles. The highest BCUT2D eigenvalue weighted by Gasteiger charge is 2.23. The Morgan fingerprint density at radius 2 is 2.11 bits per heavy atom. The normalized spacial score (nSPS) is 13.9. The molecule has 0 saturated carbocycles. The molecule has 2 N–H and O–H groups in total. The molecule has 0 fully saturated rings. The van der Waals surface area contributed by atoms with Gasteiger partial charge in [-0.1, -0.05) is 31.5 Å². The van der Waals surface area contributed by atoms with Crippen molar-refractivity contribution in [3.8, 4) is 0 Å². The van der Waals surface area contributed by atoms with Gasteiger partial charge in [0.25, 0.3) is 0 Å². The zero-order valence-electron chi connectivity index (χ0n) is 10.7. The fraction of sp³-hybridized carbons (Fsp3) is 0.400. The molecule has 0 bridgehead atoms. The second-order valence-corrected chi connectivity index (χ2v) is 4.78. The molecule has 0 aliphatic carbocycles. The summed E-state index contributed by atoms with van der Waals surface area (Å²) < 4.78 is 0. The lowest BCUT2D eigenvalue weighted by molar-refractivity contribution is -0.459. The van der Waals surface area contributed by atoms with Crippen LogP contribution in [0, 0.1) is 0 Å². The average molecular weight is 263 g/mol. The Hall–Kier alpha value is -1.28. The van der Waals surface area contributed by atoms with Gasteiger partial charge in [-0.2, -0.15) is 0 Å². The predicted molar refractivity (Wildman–Crippen MR) is 71.5 cm³/mol. The maximum atomic E-state index is 3.58. The number of aromatic amines is 1. The third-order valence-electron chi connectivity index (χ3n) is 3.61. The van der Waals surface area contributed by atoms with Crippen LogP contribution in [0.15, 0.2) is 24.3 Å². The topological polar surface area (TPSA) is 29.8 Å². The molecule has 96 valence electrons. The minimum absolute atomic E-state index is 0. The second-order valence-electron chi connectivity index (χ2n) is 4.78. The number of unbranched alkanes of at least 4 members (excludes halogenated alkanes) is 1. The van der Waals surface area contributed by atoms with E-state index in [4.69, 9.17) is 0 Å². The molecule has 2 heterocycles. The predicted octanol–water partition coefficient (Wildman–Crippen LogP) is -1.21. The van der Waals surface area contributed by atoms with Crippen LogP contribution in [-0.4, -0.2) is 17.2 Å². The van der Waals surface area contributed by atoms with Crippen LogP contribution < -0.4 is 17.4 Å². The minimum atomic E-state index is 0. The highest BCUT2D eigenvalue weighted by molar-refractivity contribution is 6.02. The standard InChI is InChI=1S/C15H18N2.ClH/c1-2-3-7-14-15-12(9-10-16-14)11-6-4-5-8-13(11)17-15;/h4-6,8,17H,2-3,7,9-10H2,1H3;1H. The summed E-state index contributed by atoms with van der Waals surface area (Å²) in [5.41, 5.74) is 5.54. The Morgan fingerprint density at radius 1 is 1.28 bits per heavy atom. The van der Waals surface area contributed by atoms with Gasteiger partial charge in [-0.15, -0.1) is 0 Å². The third kappa shape index (κ3) is 2.17. The molecular formula is C15H19ClN2. The quantitative estimate of drug-likeness (QED) is 0.695. The first-order valence-electron chi connectivity index (χ1n) is 6.60. The van der Waals surface area contributed by atoms with Gasteiger partial charge in [0.1, 0.15) is 12.2 Å². The van der Waals surface area contributed by atoms with Gasteiger partial charge >= 0.3 is 0 Å². The van der Waals surface area contributed by atoms with Crippen molar-refractivity contribution in [2.24, 2.45) is 0 Å². The van der Waals surface area contributed by atoms with E-state index in [0.29, 0.717) is 0 Å². The Labute approximate surface area is 114 Å². The van der Waals surface area contributed by atoms with E-state index < -0.39 is 0 Å². The van der Waals surface area contributed by atoms with Crippen molar-refractivity contribution in [2.75, 3.05) is 6.54 Å². The highest BCUT2D eigenvalue weighted by Crippen LogP contribution is 2.24. The van der Waals surface area contributed by atoms with Crippen molar-refractivity contribution in [3.05, 3.63) is 35.5 Å². The maximum Gasteiger partial charge on any atom is 0.198 e. The van der Waals surface area contributed by atoms with E-state index in [1.807, 2.05) is 0 Å². The monoisotopic (exact) mass is 262 g/mol. The molecule has 0 amide bonds. The summed E-state index contributed by atoms with van der Waals surface area (Å²) in [5, 5.41) is 1.40. The summed E-state index contributed by atoms with van der Waals surface area (Å²) >= 11 is 0. The molecule has 3 heteroatoms. The fourth-order valence-electron chi connectivity index (χ4n) is 2.71. The number of hydrogen-bond donors (Lipinski definition) is 2. The van der Waals surface area contributed by atoms with Crippen molar-refractivity contribution in [1.82, 2.24) is 4.98 Å². The van der Waals surface area contributed by atoms with Gasteiger partial charge in [-0.25, -0.2) is 4.99 Å². The molecule has 1 aromatic heterocycles. The smallest absolute Gasteiger partial charge is 0.198 e. The van der Waals surface area contributed by atoms with E-state index in [1.165, 1.54) is 40.7 Å². The van der Waals surface area contributed by atoms with Gasteiger partial charge in [0.15, 0.2) is 5.71 Å². The first-order valence-corrected chi connectivity index (χ1v) is 6.60. The van der Waals surface area contributed by atoms with Gasteiger partial charge in [-0.05, 0) is 18.1 Å². The first-order chi connectivity index (χ1) is 8.40. The van der Waals surface area contributed by atoms with Crippen LogP contribution in [0.4, 0.5) is 0 Å². The number of hydrogen-bond acceptors (Lipinski definition) is 0. The number of halogens is 1. The third-order valence-corrected chi connectivity index (χ3v) is 3.61. The van der Waals surface area contributed by atoms with Crippen molar-refractivity contribution < 1.29 is 17.4 Å². The second kappa shape index (κ2) is 5.57. The molecule has 0 spiro atoms. The van der Waals surface area contributed by atoms with Crippen LogP contribution in [0.25, 0.3) is 10.9 Å². The van der Waals surface area contributed by atoms with Crippen LogP contribution in [0.5, 0.6) is 0 Å². The molecule has 2 aromatic rings. The van der Waals surface area contributed by atoms with Crippen molar-refractivity contribution >= 4 is 16.6 Å².